The van der Waals surface area contributed by atoms with Crippen LogP contribution in [0.2, 0.25) is 0 Å². The normalized spacial score (nSPS) is 13.3. The third-order valence-corrected chi connectivity index (χ3v) is 3.39. The fourth-order valence-corrected chi connectivity index (χ4v) is 2.37. The van der Waals surface area contributed by atoms with E-state index in [4.69, 9.17) is 11.5 Å². The van der Waals surface area contributed by atoms with E-state index in [1.54, 1.807) is 0 Å². The van der Waals surface area contributed by atoms with E-state index in [-0.39, 0.29) is 6.04 Å². The number of imidazole rings is 1. The maximum absolute atomic E-state index is 6.05. The average Bonchev–Trinajstić information content (AvgIpc) is 2.80. The predicted molar refractivity (Wildman–Crippen MR) is 75.9 cm³/mol. The van der Waals surface area contributed by atoms with E-state index in [2.05, 4.69) is 27.4 Å². The first-order valence-corrected chi connectivity index (χ1v) is 6.32. The molecule has 0 amide bonds. The van der Waals surface area contributed by atoms with Crippen LogP contribution in [-0.2, 0) is 0 Å². The minimum absolute atomic E-state index is 0.296. The Bertz CT molecular complexity index is 759. The summed E-state index contributed by atoms with van der Waals surface area (Å²) in [6.45, 7) is 4.45. The van der Waals surface area contributed by atoms with Crippen molar-refractivity contribution in [2.75, 3.05) is 6.54 Å². The van der Waals surface area contributed by atoms with Crippen LogP contribution in [0, 0.1) is 13.8 Å². The predicted octanol–water partition coefficient (Wildman–Crippen LogP) is 1.46. The molecule has 0 fully saturated rings. The fourth-order valence-electron chi connectivity index (χ4n) is 2.37. The van der Waals surface area contributed by atoms with Crippen molar-refractivity contribution in [1.29, 1.82) is 0 Å². The van der Waals surface area contributed by atoms with Gasteiger partial charge in [0.2, 0.25) is 0 Å². The van der Waals surface area contributed by atoms with Crippen LogP contribution >= 0.6 is 0 Å². The van der Waals surface area contributed by atoms with Gasteiger partial charge in [0.15, 0.2) is 5.65 Å². The van der Waals surface area contributed by atoms with E-state index >= 15 is 0 Å². The van der Waals surface area contributed by atoms with Gasteiger partial charge in [0.1, 0.15) is 5.69 Å². The van der Waals surface area contributed by atoms with E-state index in [9.17, 15) is 0 Å². The molecule has 0 radical (unpaired) electrons. The minimum atomic E-state index is -0.296. The van der Waals surface area contributed by atoms with E-state index in [1.165, 1.54) is 5.56 Å². The Morgan fingerprint density at radius 3 is 2.84 bits per heavy atom. The van der Waals surface area contributed by atoms with Crippen molar-refractivity contribution in [3.8, 4) is 0 Å². The number of aromatic nitrogens is 3. The van der Waals surface area contributed by atoms with Crippen LogP contribution in [0.25, 0.3) is 16.7 Å². The summed E-state index contributed by atoms with van der Waals surface area (Å²) in [7, 11) is 0. The molecule has 1 unspecified atom stereocenters. The smallest absolute Gasteiger partial charge is 0.160 e. The van der Waals surface area contributed by atoms with Crippen LogP contribution in [-0.4, -0.2) is 20.9 Å². The SMILES string of the molecule is Cc1ccc2nc(C(N)CN)c3ncc(C)n3c2c1. The van der Waals surface area contributed by atoms with Gasteiger partial charge in [-0.25, -0.2) is 9.97 Å². The molecule has 1 atom stereocenters. The molecule has 0 bridgehead atoms. The van der Waals surface area contributed by atoms with Gasteiger partial charge in [-0.1, -0.05) is 6.07 Å². The number of rotatable bonds is 2. The highest BCUT2D eigenvalue weighted by molar-refractivity contribution is 5.80. The Balaban J connectivity index is 2.48. The molecule has 3 rings (SSSR count). The maximum atomic E-state index is 6.05. The summed E-state index contributed by atoms with van der Waals surface area (Å²) in [6.07, 6.45) is 1.84. The Hall–Kier alpha value is -1.98. The Kier molecular flexibility index (Phi) is 2.73. The summed E-state index contributed by atoms with van der Waals surface area (Å²) >= 11 is 0. The molecule has 5 nitrogen and oxygen atoms in total. The molecule has 0 saturated carbocycles. The summed E-state index contributed by atoms with van der Waals surface area (Å²) in [6, 6.07) is 5.87. The molecule has 5 heteroatoms. The molecular formula is C14H17N5. The topological polar surface area (TPSA) is 82.2 Å². The lowest BCUT2D eigenvalue weighted by Crippen LogP contribution is -2.23. The standard InChI is InChI=1S/C14H17N5/c1-8-3-4-11-12(5-8)19-9(2)7-17-14(19)13(18-11)10(16)6-15/h3-5,7,10H,6,15-16H2,1-2H3. The van der Waals surface area contributed by atoms with Crippen molar-refractivity contribution in [2.24, 2.45) is 11.5 Å². The van der Waals surface area contributed by atoms with Crippen molar-refractivity contribution in [3.63, 3.8) is 0 Å². The second-order valence-corrected chi connectivity index (χ2v) is 4.89. The maximum Gasteiger partial charge on any atom is 0.160 e. The zero-order valence-electron chi connectivity index (χ0n) is 11.1. The van der Waals surface area contributed by atoms with Crippen LogP contribution in [0.3, 0.4) is 0 Å². The summed E-state index contributed by atoms with van der Waals surface area (Å²) in [5.41, 5.74) is 17.5. The van der Waals surface area contributed by atoms with Crippen LogP contribution in [0.15, 0.2) is 24.4 Å². The van der Waals surface area contributed by atoms with Gasteiger partial charge in [0, 0.05) is 18.4 Å². The number of benzene rings is 1. The lowest BCUT2D eigenvalue weighted by atomic mass is 10.1. The van der Waals surface area contributed by atoms with Crippen molar-refractivity contribution < 1.29 is 0 Å². The van der Waals surface area contributed by atoms with Gasteiger partial charge in [-0.2, -0.15) is 0 Å². The summed E-state index contributed by atoms with van der Waals surface area (Å²) in [4.78, 5) is 9.07. The largest absolute Gasteiger partial charge is 0.329 e. The second kappa shape index (κ2) is 4.29. The Labute approximate surface area is 111 Å². The number of fused-ring (bicyclic) bond motifs is 3. The van der Waals surface area contributed by atoms with Crippen LogP contribution < -0.4 is 11.5 Å². The highest BCUT2D eigenvalue weighted by Gasteiger charge is 2.16. The molecule has 4 N–H and O–H groups in total. The molecular weight excluding hydrogens is 238 g/mol. The lowest BCUT2D eigenvalue weighted by Gasteiger charge is -2.13. The minimum Gasteiger partial charge on any atom is -0.329 e. The molecule has 2 heterocycles. The first kappa shape index (κ1) is 12.1. The van der Waals surface area contributed by atoms with Gasteiger partial charge in [-0.3, -0.25) is 4.40 Å². The van der Waals surface area contributed by atoms with Gasteiger partial charge in [-0.05, 0) is 31.5 Å². The zero-order chi connectivity index (χ0) is 13.6. The van der Waals surface area contributed by atoms with Crippen LogP contribution in [0.4, 0.5) is 0 Å². The Morgan fingerprint density at radius 1 is 1.32 bits per heavy atom. The molecule has 19 heavy (non-hydrogen) atoms. The lowest BCUT2D eigenvalue weighted by molar-refractivity contribution is 0.715. The summed E-state index contributed by atoms with van der Waals surface area (Å²) in [5.74, 6) is 0. The third-order valence-electron chi connectivity index (χ3n) is 3.39. The fraction of sp³-hybridized carbons (Fsp3) is 0.286. The number of nitrogens with two attached hydrogens (primary N) is 2. The highest BCUT2D eigenvalue weighted by atomic mass is 15.1. The van der Waals surface area contributed by atoms with Crippen LogP contribution in [0.5, 0.6) is 0 Å². The summed E-state index contributed by atoms with van der Waals surface area (Å²) in [5, 5.41) is 0. The van der Waals surface area contributed by atoms with E-state index < -0.39 is 0 Å². The van der Waals surface area contributed by atoms with Gasteiger partial charge >= 0.3 is 0 Å². The van der Waals surface area contributed by atoms with Crippen molar-refractivity contribution in [1.82, 2.24) is 14.4 Å². The van der Waals surface area contributed by atoms with Gasteiger partial charge in [0.25, 0.3) is 0 Å². The molecule has 98 valence electrons. The quantitative estimate of drug-likeness (QED) is 0.726. The molecule has 2 aromatic heterocycles. The summed E-state index contributed by atoms with van der Waals surface area (Å²) < 4.78 is 2.10. The molecule has 1 aromatic carbocycles. The van der Waals surface area contributed by atoms with Crippen molar-refractivity contribution in [2.45, 2.75) is 19.9 Å². The van der Waals surface area contributed by atoms with Crippen molar-refractivity contribution in [3.05, 3.63) is 41.3 Å². The number of hydrogen-bond donors (Lipinski definition) is 2. The molecule has 0 saturated heterocycles. The van der Waals surface area contributed by atoms with E-state index in [0.717, 1.165) is 28.1 Å². The van der Waals surface area contributed by atoms with Gasteiger partial charge in [-0.15, -0.1) is 0 Å². The zero-order valence-corrected chi connectivity index (χ0v) is 11.1. The molecule has 0 aliphatic heterocycles. The number of nitrogens with zero attached hydrogens (tertiary/aromatic N) is 3. The molecule has 0 aliphatic rings. The third kappa shape index (κ3) is 1.78. The Morgan fingerprint density at radius 2 is 2.11 bits per heavy atom. The van der Waals surface area contributed by atoms with E-state index in [0.29, 0.717) is 6.54 Å². The average molecular weight is 255 g/mol. The highest BCUT2D eigenvalue weighted by Crippen LogP contribution is 2.23. The van der Waals surface area contributed by atoms with E-state index in [1.807, 2.05) is 25.3 Å². The second-order valence-electron chi connectivity index (χ2n) is 4.89. The monoisotopic (exact) mass is 255 g/mol. The molecule has 0 spiro atoms. The first-order chi connectivity index (χ1) is 9.11. The number of aryl methyl sites for hydroxylation is 2. The van der Waals surface area contributed by atoms with Gasteiger partial charge in [0.05, 0.1) is 17.1 Å². The van der Waals surface area contributed by atoms with Gasteiger partial charge < -0.3 is 11.5 Å². The first-order valence-electron chi connectivity index (χ1n) is 6.32. The van der Waals surface area contributed by atoms with Crippen molar-refractivity contribution >= 4 is 16.7 Å². The van der Waals surface area contributed by atoms with Crippen LogP contribution in [0.1, 0.15) is 23.0 Å². The molecule has 3 aromatic rings. The number of hydrogen-bond acceptors (Lipinski definition) is 4. The molecule has 0 aliphatic carbocycles.